The zero-order chi connectivity index (χ0) is 22.9. The van der Waals surface area contributed by atoms with Gasteiger partial charge in [0.2, 0.25) is 0 Å². The summed E-state index contributed by atoms with van der Waals surface area (Å²) in [5, 5.41) is 17.7. The molecular weight excluding hydrogens is 449 g/mol. The molecule has 0 unspecified atom stereocenters. The maximum Gasteiger partial charge on any atom is 0.259 e. The van der Waals surface area contributed by atoms with Crippen LogP contribution in [-0.4, -0.2) is 26.5 Å². The number of pyridine rings is 1. The molecule has 0 saturated heterocycles. The molecule has 1 N–H and O–H groups in total. The molecule has 0 atom stereocenters. The molecule has 0 bridgehead atoms. The Kier molecular flexibility index (Phi) is 6.00. The van der Waals surface area contributed by atoms with Crippen LogP contribution in [0.3, 0.4) is 0 Å². The molecule has 0 aliphatic heterocycles. The number of nitrogens with zero attached hydrogens (tertiary/aromatic N) is 4. The Morgan fingerprint density at radius 1 is 1.16 bits per heavy atom. The van der Waals surface area contributed by atoms with Crippen molar-refractivity contribution >= 4 is 40.6 Å². The van der Waals surface area contributed by atoms with Crippen LogP contribution >= 0.6 is 23.2 Å². The second-order valence-electron chi connectivity index (χ2n) is 7.77. The SMILES string of the molecule is Cc1c(C(=O)Nc2ccc(C3(C#N)CCC(=O)CC3)nc2)cnn1-c1ccc(Cl)c(Cl)c1. The lowest BCUT2D eigenvalue weighted by Gasteiger charge is -2.29. The predicted molar refractivity (Wildman–Crippen MR) is 121 cm³/mol. The molecule has 7 nitrogen and oxygen atoms in total. The number of hydrogen-bond acceptors (Lipinski definition) is 5. The van der Waals surface area contributed by atoms with E-state index in [9.17, 15) is 14.9 Å². The molecule has 1 amide bonds. The van der Waals surface area contributed by atoms with E-state index in [1.165, 1.54) is 12.4 Å². The Bertz CT molecular complexity index is 1230. The molecule has 1 aliphatic carbocycles. The summed E-state index contributed by atoms with van der Waals surface area (Å²) in [6, 6.07) is 10.9. The topological polar surface area (TPSA) is 101 Å². The van der Waals surface area contributed by atoms with E-state index in [1.54, 1.807) is 41.9 Å². The fourth-order valence-electron chi connectivity index (χ4n) is 3.84. The molecule has 4 rings (SSSR count). The standard InChI is InChI=1S/C23H19Cl2N5O2/c1-14-18(12-28-30(14)16-3-4-19(24)20(25)10-16)22(32)29-15-2-5-21(27-11-15)23(13-26)8-6-17(31)7-9-23/h2-5,10-12H,6-9H2,1H3,(H,29,32). The first kappa shape index (κ1) is 22.0. The molecular formula is C23H19Cl2N5O2. The Hall–Kier alpha value is -3.21. The number of nitriles is 1. The van der Waals surface area contributed by atoms with Gasteiger partial charge < -0.3 is 5.32 Å². The van der Waals surface area contributed by atoms with E-state index in [0.717, 1.165) is 0 Å². The number of carbonyl (C=O) groups excluding carboxylic acids is 2. The van der Waals surface area contributed by atoms with Crippen molar-refractivity contribution in [3.05, 3.63) is 69.7 Å². The van der Waals surface area contributed by atoms with Gasteiger partial charge >= 0.3 is 0 Å². The number of nitrogens with one attached hydrogen (secondary N) is 1. The van der Waals surface area contributed by atoms with Gasteiger partial charge in [-0.1, -0.05) is 23.2 Å². The van der Waals surface area contributed by atoms with Gasteiger partial charge in [-0.3, -0.25) is 14.6 Å². The van der Waals surface area contributed by atoms with E-state index in [2.05, 4.69) is 21.5 Å². The van der Waals surface area contributed by atoms with E-state index >= 15 is 0 Å². The maximum absolute atomic E-state index is 12.8. The monoisotopic (exact) mass is 467 g/mol. The van der Waals surface area contributed by atoms with Crippen molar-refractivity contribution < 1.29 is 9.59 Å². The first-order chi connectivity index (χ1) is 15.3. The summed E-state index contributed by atoms with van der Waals surface area (Å²) in [5.74, 6) is -0.154. The second-order valence-corrected chi connectivity index (χ2v) is 8.59. The number of anilines is 1. The minimum absolute atomic E-state index is 0.177. The van der Waals surface area contributed by atoms with E-state index < -0.39 is 5.41 Å². The number of halogens is 2. The summed E-state index contributed by atoms with van der Waals surface area (Å²) in [7, 11) is 0. The normalized spacial score (nSPS) is 15.2. The Morgan fingerprint density at radius 3 is 2.53 bits per heavy atom. The van der Waals surface area contributed by atoms with Gasteiger partial charge in [-0.15, -0.1) is 0 Å². The van der Waals surface area contributed by atoms with Crippen molar-refractivity contribution in [3.8, 4) is 11.8 Å². The lowest BCUT2D eigenvalue weighted by molar-refractivity contribution is -0.121. The van der Waals surface area contributed by atoms with Crippen molar-refractivity contribution in [2.24, 2.45) is 0 Å². The molecule has 0 spiro atoms. The van der Waals surface area contributed by atoms with Crippen molar-refractivity contribution in [2.45, 2.75) is 38.0 Å². The van der Waals surface area contributed by atoms with Crippen LogP contribution in [0.15, 0.2) is 42.7 Å². The maximum atomic E-state index is 12.8. The van der Waals surface area contributed by atoms with Gasteiger partial charge in [0, 0.05) is 12.8 Å². The van der Waals surface area contributed by atoms with Crippen LogP contribution in [-0.2, 0) is 10.2 Å². The molecule has 1 aromatic carbocycles. The number of amides is 1. The number of rotatable bonds is 4. The number of aromatic nitrogens is 3. The van der Waals surface area contributed by atoms with Crippen LogP contribution in [0.1, 0.15) is 47.4 Å². The first-order valence-corrected chi connectivity index (χ1v) is 10.8. The molecule has 1 fully saturated rings. The first-order valence-electron chi connectivity index (χ1n) is 10.0. The number of ketones is 1. The highest BCUT2D eigenvalue weighted by Crippen LogP contribution is 2.37. The summed E-state index contributed by atoms with van der Waals surface area (Å²) in [4.78, 5) is 28.8. The van der Waals surface area contributed by atoms with Gasteiger partial charge in [0.05, 0.1) is 56.8 Å². The molecule has 3 aromatic rings. The van der Waals surface area contributed by atoms with E-state index in [4.69, 9.17) is 23.2 Å². The lowest BCUT2D eigenvalue weighted by atomic mass is 9.72. The quantitative estimate of drug-likeness (QED) is 0.578. The molecule has 32 heavy (non-hydrogen) atoms. The molecule has 2 heterocycles. The summed E-state index contributed by atoms with van der Waals surface area (Å²) in [6.07, 6.45) is 4.72. The summed E-state index contributed by atoms with van der Waals surface area (Å²) in [5.41, 5.74) is 2.10. The predicted octanol–water partition coefficient (Wildman–Crippen LogP) is 5.04. The Balaban J connectivity index is 1.51. The van der Waals surface area contributed by atoms with Gasteiger partial charge in [-0.2, -0.15) is 10.4 Å². The lowest BCUT2D eigenvalue weighted by Crippen LogP contribution is -2.31. The van der Waals surface area contributed by atoms with Crippen LogP contribution in [0.2, 0.25) is 10.0 Å². The van der Waals surface area contributed by atoms with Crippen LogP contribution in [0.25, 0.3) is 5.69 Å². The molecule has 162 valence electrons. The highest BCUT2D eigenvalue weighted by Gasteiger charge is 2.37. The third-order valence-electron chi connectivity index (χ3n) is 5.79. The molecule has 1 aliphatic rings. The summed E-state index contributed by atoms with van der Waals surface area (Å²) < 4.78 is 1.61. The van der Waals surface area contributed by atoms with Crippen LogP contribution in [0.5, 0.6) is 0 Å². The molecule has 2 aromatic heterocycles. The van der Waals surface area contributed by atoms with Crippen molar-refractivity contribution in [3.63, 3.8) is 0 Å². The van der Waals surface area contributed by atoms with Gasteiger partial charge in [0.15, 0.2) is 0 Å². The minimum atomic E-state index is -0.756. The number of carbonyl (C=O) groups is 2. The largest absolute Gasteiger partial charge is 0.320 e. The number of hydrogen-bond donors (Lipinski definition) is 1. The van der Waals surface area contributed by atoms with Crippen molar-refractivity contribution in [1.29, 1.82) is 5.26 Å². The highest BCUT2D eigenvalue weighted by atomic mass is 35.5. The second kappa shape index (κ2) is 8.73. The molecule has 0 radical (unpaired) electrons. The number of benzene rings is 1. The van der Waals surface area contributed by atoms with Crippen LogP contribution < -0.4 is 5.32 Å². The van der Waals surface area contributed by atoms with Gasteiger partial charge in [-0.05, 0) is 50.1 Å². The smallest absolute Gasteiger partial charge is 0.259 e. The van der Waals surface area contributed by atoms with E-state index in [1.807, 2.05) is 0 Å². The average molecular weight is 468 g/mol. The van der Waals surface area contributed by atoms with E-state index in [-0.39, 0.29) is 11.7 Å². The van der Waals surface area contributed by atoms with Gasteiger partial charge in [0.1, 0.15) is 11.2 Å². The zero-order valence-corrected chi connectivity index (χ0v) is 18.7. The molecule has 9 heteroatoms. The highest BCUT2D eigenvalue weighted by molar-refractivity contribution is 6.42. The van der Waals surface area contributed by atoms with Crippen molar-refractivity contribution in [1.82, 2.24) is 14.8 Å². The fourth-order valence-corrected chi connectivity index (χ4v) is 4.13. The summed E-state index contributed by atoms with van der Waals surface area (Å²) in [6.45, 7) is 1.78. The van der Waals surface area contributed by atoms with Crippen LogP contribution in [0.4, 0.5) is 5.69 Å². The fraction of sp³-hybridized carbons (Fsp3) is 0.261. The molecule has 1 saturated carbocycles. The van der Waals surface area contributed by atoms with E-state index in [0.29, 0.717) is 64.1 Å². The Labute approximate surface area is 195 Å². The minimum Gasteiger partial charge on any atom is -0.320 e. The average Bonchev–Trinajstić information content (AvgIpc) is 3.18. The zero-order valence-electron chi connectivity index (χ0n) is 17.2. The third-order valence-corrected chi connectivity index (χ3v) is 6.53. The van der Waals surface area contributed by atoms with Crippen LogP contribution in [0, 0.1) is 18.3 Å². The third kappa shape index (κ3) is 4.12. The van der Waals surface area contributed by atoms with Crippen molar-refractivity contribution in [2.75, 3.05) is 5.32 Å². The summed E-state index contributed by atoms with van der Waals surface area (Å²) >= 11 is 12.1. The number of Topliss-reactive ketones (excluding diaryl/α,β-unsaturated/α-hetero) is 1. The Morgan fingerprint density at radius 2 is 1.91 bits per heavy atom. The van der Waals surface area contributed by atoms with Gasteiger partial charge in [-0.25, -0.2) is 4.68 Å². The van der Waals surface area contributed by atoms with Gasteiger partial charge in [0.25, 0.3) is 5.91 Å².